The smallest absolute Gasteiger partial charge is 0.256 e. The number of hydrogen-bond donors (Lipinski definition) is 0. The van der Waals surface area contributed by atoms with E-state index in [2.05, 4.69) is 11.2 Å². The number of carbonyl (C=O) groups is 1. The molecule has 1 heterocycles. The van der Waals surface area contributed by atoms with Crippen molar-refractivity contribution in [2.75, 3.05) is 20.2 Å². The minimum atomic E-state index is -0.0408. The summed E-state index contributed by atoms with van der Waals surface area (Å²) in [5, 5.41) is 4.20. The van der Waals surface area contributed by atoms with Crippen molar-refractivity contribution in [3.8, 4) is 5.75 Å². The van der Waals surface area contributed by atoms with E-state index in [-0.39, 0.29) is 11.9 Å². The van der Waals surface area contributed by atoms with Gasteiger partial charge in [0.05, 0.1) is 18.3 Å². The van der Waals surface area contributed by atoms with Crippen molar-refractivity contribution in [1.82, 2.24) is 14.7 Å². The Kier molecular flexibility index (Phi) is 5.42. The summed E-state index contributed by atoms with van der Waals surface area (Å²) in [6, 6.07) is 6.35. The second-order valence-electron chi connectivity index (χ2n) is 6.20. The summed E-state index contributed by atoms with van der Waals surface area (Å²) >= 11 is 0. The summed E-state index contributed by atoms with van der Waals surface area (Å²) in [6.07, 6.45) is 3.40. The molecular weight excluding hydrogens is 290 g/mol. The first kappa shape index (κ1) is 17.1. The highest BCUT2D eigenvalue weighted by Gasteiger charge is 2.14. The van der Waals surface area contributed by atoms with Crippen molar-refractivity contribution in [2.24, 2.45) is 0 Å². The lowest BCUT2D eigenvalue weighted by atomic mass is 10.1. The molecule has 5 heteroatoms. The van der Waals surface area contributed by atoms with Gasteiger partial charge in [-0.25, -0.2) is 0 Å². The Labute approximate surface area is 137 Å². The Morgan fingerprint density at radius 1 is 1.26 bits per heavy atom. The Bertz CT molecular complexity index is 656. The fourth-order valence-corrected chi connectivity index (χ4v) is 2.37. The predicted octanol–water partition coefficient (Wildman–Crippen LogP) is 3.23. The van der Waals surface area contributed by atoms with E-state index >= 15 is 0 Å². The molecule has 124 valence electrons. The van der Waals surface area contributed by atoms with Gasteiger partial charge in [0.2, 0.25) is 0 Å². The van der Waals surface area contributed by atoms with Crippen LogP contribution in [0.3, 0.4) is 0 Å². The van der Waals surface area contributed by atoms with Crippen LogP contribution >= 0.6 is 0 Å². The third-order valence-corrected chi connectivity index (χ3v) is 3.61. The molecule has 0 aliphatic rings. The first-order valence-corrected chi connectivity index (χ1v) is 7.87. The van der Waals surface area contributed by atoms with Crippen LogP contribution in [0, 0.1) is 13.8 Å². The Morgan fingerprint density at radius 3 is 2.48 bits per heavy atom. The number of aromatic nitrogens is 2. The van der Waals surface area contributed by atoms with Gasteiger partial charge in [-0.15, -0.1) is 0 Å². The van der Waals surface area contributed by atoms with Crippen LogP contribution in [0.15, 0.2) is 30.6 Å². The molecule has 0 saturated carbocycles. The molecule has 5 nitrogen and oxygen atoms in total. The van der Waals surface area contributed by atoms with Gasteiger partial charge >= 0.3 is 0 Å². The van der Waals surface area contributed by atoms with Crippen LogP contribution in [0.5, 0.6) is 5.75 Å². The highest BCUT2D eigenvalue weighted by Crippen LogP contribution is 2.16. The van der Waals surface area contributed by atoms with Gasteiger partial charge in [0.1, 0.15) is 12.4 Å². The predicted molar refractivity (Wildman–Crippen MR) is 91.0 cm³/mol. The van der Waals surface area contributed by atoms with Crippen LogP contribution in [-0.2, 0) is 0 Å². The number of rotatable bonds is 6. The number of likely N-dealkylation sites (N-methyl/N-ethyl adjacent to an activating group) is 1. The van der Waals surface area contributed by atoms with Gasteiger partial charge in [-0.2, -0.15) is 5.10 Å². The quantitative estimate of drug-likeness (QED) is 0.822. The molecule has 0 atom stereocenters. The second kappa shape index (κ2) is 7.31. The van der Waals surface area contributed by atoms with E-state index < -0.39 is 0 Å². The average Bonchev–Trinajstić information content (AvgIpc) is 2.95. The summed E-state index contributed by atoms with van der Waals surface area (Å²) in [7, 11) is 1.78. The first-order chi connectivity index (χ1) is 10.9. The molecule has 0 saturated heterocycles. The Balaban J connectivity index is 1.88. The standard InChI is InChI=1S/C18H25N3O2/c1-13(2)21-12-16(11-19-21)18(22)20(5)6-7-23-17-9-14(3)8-15(4)10-17/h8-13H,6-7H2,1-5H3. The monoisotopic (exact) mass is 315 g/mol. The lowest BCUT2D eigenvalue weighted by molar-refractivity contribution is 0.0773. The molecule has 2 aromatic rings. The molecule has 1 amide bonds. The third kappa shape index (κ3) is 4.58. The Morgan fingerprint density at radius 2 is 1.91 bits per heavy atom. The average molecular weight is 315 g/mol. The number of ether oxygens (including phenoxy) is 1. The maximum absolute atomic E-state index is 12.3. The van der Waals surface area contributed by atoms with E-state index in [9.17, 15) is 4.79 Å². The number of carbonyl (C=O) groups excluding carboxylic acids is 1. The highest BCUT2D eigenvalue weighted by atomic mass is 16.5. The molecule has 0 fully saturated rings. The van der Waals surface area contributed by atoms with E-state index in [1.165, 1.54) is 11.1 Å². The topological polar surface area (TPSA) is 47.4 Å². The van der Waals surface area contributed by atoms with Gasteiger partial charge in [0, 0.05) is 19.3 Å². The maximum Gasteiger partial charge on any atom is 0.256 e. The zero-order chi connectivity index (χ0) is 17.0. The fourth-order valence-electron chi connectivity index (χ4n) is 2.37. The van der Waals surface area contributed by atoms with Crippen molar-refractivity contribution >= 4 is 5.91 Å². The number of amides is 1. The van der Waals surface area contributed by atoms with E-state index in [1.54, 1.807) is 29.0 Å². The molecule has 0 N–H and O–H groups in total. The van der Waals surface area contributed by atoms with Crippen LogP contribution in [0.1, 0.15) is 41.4 Å². The molecule has 0 aliphatic heterocycles. The molecule has 23 heavy (non-hydrogen) atoms. The lowest BCUT2D eigenvalue weighted by Gasteiger charge is -2.17. The zero-order valence-corrected chi connectivity index (χ0v) is 14.5. The van der Waals surface area contributed by atoms with Crippen molar-refractivity contribution in [3.63, 3.8) is 0 Å². The fraction of sp³-hybridized carbons (Fsp3) is 0.444. The summed E-state index contributed by atoms with van der Waals surface area (Å²) in [5.74, 6) is 0.803. The highest BCUT2D eigenvalue weighted by molar-refractivity contribution is 5.93. The van der Waals surface area contributed by atoms with Crippen molar-refractivity contribution < 1.29 is 9.53 Å². The first-order valence-electron chi connectivity index (χ1n) is 7.87. The van der Waals surface area contributed by atoms with Crippen LogP contribution in [0.25, 0.3) is 0 Å². The number of benzene rings is 1. The molecule has 0 unspecified atom stereocenters. The number of aryl methyl sites for hydroxylation is 2. The van der Waals surface area contributed by atoms with Gasteiger partial charge < -0.3 is 9.64 Å². The van der Waals surface area contributed by atoms with E-state index in [4.69, 9.17) is 4.74 Å². The third-order valence-electron chi connectivity index (χ3n) is 3.61. The zero-order valence-electron chi connectivity index (χ0n) is 14.5. The normalized spacial score (nSPS) is 10.9. The minimum Gasteiger partial charge on any atom is -0.492 e. The van der Waals surface area contributed by atoms with Crippen LogP contribution in [0.4, 0.5) is 0 Å². The molecule has 0 spiro atoms. The summed E-state index contributed by atoms with van der Waals surface area (Å²) < 4.78 is 7.54. The SMILES string of the molecule is Cc1cc(C)cc(OCCN(C)C(=O)c2cnn(C(C)C)c2)c1. The van der Waals surface area contributed by atoms with E-state index in [1.807, 2.05) is 39.8 Å². The number of nitrogens with zero attached hydrogens (tertiary/aromatic N) is 3. The summed E-state index contributed by atoms with van der Waals surface area (Å²) in [4.78, 5) is 14.0. The molecule has 2 rings (SSSR count). The molecule has 1 aromatic heterocycles. The van der Waals surface area contributed by atoms with Gasteiger partial charge in [-0.05, 0) is 51.0 Å². The number of hydrogen-bond acceptors (Lipinski definition) is 3. The van der Waals surface area contributed by atoms with E-state index in [0.717, 1.165) is 5.75 Å². The molecule has 0 aliphatic carbocycles. The largest absolute Gasteiger partial charge is 0.492 e. The van der Waals surface area contributed by atoms with Crippen molar-refractivity contribution in [2.45, 2.75) is 33.7 Å². The molecule has 0 radical (unpaired) electrons. The molecular formula is C18H25N3O2. The minimum absolute atomic E-state index is 0.0408. The van der Waals surface area contributed by atoms with Crippen LogP contribution in [-0.4, -0.2) is 40.8 Å². The van der Waals surface area contributed by atoms with Gasteiger partial charge in [-0.3, -0.25) is 9.48 Å². The lowest BCUT2D eigenvalue weighted by Crippen LogP contribution is -2.30. The second-order valence-corrected chi connectivity index (χ2v) is 6.20. The molecule has 1 aromatic carbocycles. The van der Waals surface area contributed by atoms with Gasteiger partial charge in [0.25, 0.3) is 5.91 Å². The van der Waals surface area contributed by atoms with E-state index in [0.29, 0.717) is 18.7 Å². The van der Waals surface area contributed by atoms with Crippen molar-refractivity contribution in [1.29, 1.82) is 0 Å². The van der Waals surface area contributed by atoms with Crippen LogP contribution in [0.2, 0.25) is 0 Å². The summed E-state index contributed by atoms with van der Waals surface area (Å²) in [5.41, 5.74) is 2.95. The van der Waals surface area contributed by atoms with Gasteiger partial charge in [-0.1, -0.05) is 6.07 Å². The van der Waals surface area contributed by atoms with Crippen LogP contribution < -0.4 is 4.74 Å². The Hall–Kier alpha value is -2.30. The molecule has 0 bridgehead atoms. The maximum atomic E-state index is 12.3. The summed E-state index contributed by atoms with van der Waals surface area (Å²) in [6.45, 7) is 9.14. The van der Waals surface area contributed by atoms with Gasteiger partial charge in [0.15, 0.2) is 0 Å². The van der Waals surface area contributed by atoms with Crippen molar-refractivity contribution in [3.05, 3.63) is 47.3 Å².